The van der Waals surface area contributed by atoms with Gasteiger partial charge in [-0.05, 0) is 25.0 Å². The molecule has 3 nitrogen and oxygen atoms in total. The topological polar surface area (TPSA) is 31.9 Å². The van der Waals surface area contributed by atoms with Crippen LogP contribution in [-0.2, 0) is 0 Å². The SMILES string of the molecule is c1cc(N2CCCC2)c2cc[nH]c2n1. The first kappa shape index (κ1) is 7.85. The smallest absolute Gasteiger partial charge is 0.139 e. The average molecular weight is 187 g/mol. The fourth-order valence-electron chi connectivity index (χ4n) is 2.18. The van der Waals surface area contributed by atoms with Gasteiger partial charge >= 0.3 is 0 Å². The molecule has 0 amide bonds. The molecule has 1 saturated heterocycles. The zero-order valence-corrected chi connectivity index (χ0v) is 8.03. The molecule has 0 atom stereocenters. The van der Waals surface area contributed by atoms with E-state index in [-0.39, 0.29) is 0 Å². The van der Waals surface area contributed by atoms with Gasteiger partial charge in [-0.2, -0.15) is 0 Å². The lowest BCUT2D eigenvalue weighted by Crippen LogP contribution is -2.17. The van der Waals surface area contributed by atoms with Crippen molar-refractivity contribution in [3.8, 4) is 0 Å². The molecule has 0 radical (unpaired) electrons. The second kappa shape index (κ2) is 3.01. The molecule has 1 aliphatic heterocycles. The van der Waals surface area contributed by atoms with E-state index in [9.17, 15) is 0 Å². The lowest BCUT2D eigenvalue weighted by atomic mass is 10.2. The summed E-state index contributed by atoms with van der Waals surface area (Å²) < 4.78 is 0. The van der Waals surface area contributed by atoms with Gasteiger partial charge in [0.2, 0.25) is 0 Å². The van der Waals surface area contributed by atoms with E-state index in [1.54, 1.807) is 0 Å². The molecule has 2 aromatic rings. The number of aromatic amines is 1. The second-order valence-electron chi connectivity index (χ2n) is 3.76. The summed E-state index contributed by atoms with van der Waals surface area (Å²) in [4.78, 5) is 9.88. The normalized spacial score (nSPS) is 16.7. The maximum Gasteiger partial charge on any atom is 0.139 e. The molecule has 3 heteroatoms. The third-order valence-corrected chi connectivity index (χ3v) is 2.88. The van der Waals surface area contributed by atoms with Crippen LogP contribution < -0.4 is 4.90 Å². The van der Waals surface area contributed by atoms with Crippen LogP contribution >= 0.6 is 0 Å². The van der Waals surface area contributed by atoms with Crippen molar-refractivity contribution < 1.29 is 0 Å². The standard InChI is InChI=1S/C11H13N3/c1-2-8-14(7-1)10-4-6-13-11-9(10)3-5-12-11/h3-6H,1-2,7-8H2,(H,12,13). The second-order valence-corrected chi connectivity index (χ2v) is 3.76. The predicted octanol–water partition coefficient (Wildman–Crippen LogP) is 2.16. The minimum absolute atomic E-state index is 0.995. The Kier molecular flexibility index (Phi) is 1.69. The number of nitrogens with one attached hydrogen (secondary N) is 1. The third kappa shape index (κ3) is 1.09. The fourth-order valence-corrected chi connectivity index (χ4v) is 2.18. The molecule has 14 heavy (non-hydrogen) atoms. The van der Waals surface area contributed by atoms with Crippen molar-refractivity contribution in [3.05, 3.63) is 24.5 Å². The number of pyridine rings is 1. The summed E-state index contributed by atoms with van der Waals surface area (Å²) in [6.45, 7) is 2.37. The molecule has 0 aliphatic carbocycles. The Balaban J connectivity index is 2.14. The van der Waals surface area contributed by atoms with Crippen LogP contribution in [0, 0.1) is 0 Å². The van der Waals surface area contributed by atoms with Gasteiger partial charge < -0.3 is 9.88 Å². The molecular formula is C11H13N3. The summed E-state index contributed by atoms with van der Waals surface area (Å²) in [5.74, 6) is 0. The highest BCUT2D eigenvalue weighted by atomic mass is 15.1. The highest BCUT2D eigenvalue weighted by Gasteiger charge is 2.14. The van der Waals surface area contributed by atoms with Crippen LogP contribution in [0.5, 0.6) is 0 Å². The average Bonchev–Trinajstić information content (AvgIpc) is 2.88. The van der Waals surface area contributed by atoms with E-state index < -0.39 is 0 Å². The Morgan fingerprint density at radius 2 is 2.07 bits per heavy atom. The van der Waals surface area contributed by atoms with Gasteiger partial charge in [0.05, 0.1) is 0 Å². The van der Waals surface area contributed by atoms with Gasteiger partial charge in [0, 0.05) is 36.6 Å². The molecular weight excluding hydrogens is 174 g/mol. The van der Waals surface area contributed by atoms with Crippen LogP contribution in [0.3, 0.4) is 0 Å². The third-order valence-electron chi connectivity index (χ3n) is 2.88. The van der Waals surface area contributed by atoms with Gasteiger partial charge in [-0.25, -0.2) is 4.98 Å². The molecule has 0 spiro atoms. The van der Waals surface area contributed by atoms with Gasteiger partial charge in [-0.3, -0.25) is 0 Å². The van der Waals surface area contributed by atoms with Crippen molar-refractivity contribution in [3.63, 3.8) is 0 Å². The summed E-state index contributed by atoms with van der Waals surface area (Å²) >= 11 is 0. The Hall–Kier alpha value is -1.51. The molecule has 3 rings (SSSR count). The molecule has 0 unspecified atom stereocenters. The molecule has 1 fully saturated rings. The number of fused-ring (bicyclic) bond motifs is 1. The van der Waals surface area contributed by atoms with Crippen molar-refractivity contribution in [1.82, 2.24) is 9.97 Å². The maximum absolute atomic E-state index is 4.29. The highest BCUT2D eigenvalue weighted by molar-refractivity contribution is 5.89. The number of aromatic nitrogens is 2. The summed E-state index contributed by atoms with van der Waals surface area (Å²) in [7, 11) is 0. The molecule has 2 aromatic heterocycles. The zero-order valence-electron chi connectivity index (χ0n) is 8.03. The molecule has 1 aliphatic rings. The van der Waals surface area contributed by atoms with E-state index in [0.29, 0.717) is 0 Å². The Morgan fingerprint density at radius 1 is 1.21 bits per heavy atom. The Morgan fingerprint density at radius 3 is 2.93 bits per heavy atom. The van der Waals surface area contributed by atoms with E-state index in [2.05, 4.69) is 27.0 Å². The van der Waals surface area contributed by atoms with Crippen LogP contribution in [0.4, 0.5) is 5.69 Å². The monoisotopic (exact) mass is 187 g/mol. The number of nitrogens with zero attached hydrogens (tertiary/aromatic N) is 2. The van der Waals surface area contributed by atoms with Gasteiger partial charge in [0.25, 0.3) is 0 Å². The number of hydrogen-bond donors (Lipinski definition) is 1. The largest absolute Gasteiger partial charge is 0.371 e. The number of rotatable bonds is 1. The molecule has 0 aromatic carbocycles. The van der Waals surface area contributed by atoms with E-state index >= 15 is 0 Å². The first-order valence-electron chi connectivity index (χ1n) is 5.12. The minimum atomic E-state index is 0.995. The lowest BCUT2D eigenvalue weighted by molar-refractivity contribution is 0.949. The first-order chi connectivity index (χ1) is 6.95. The summed E-state index contributed by atoms with van der Waals surface area (Å²) in [6.07, 6.45) is 6.46. The predicted molar refractivity (Wildman–Crippen MR) is 57.5 cm³/mol. The molecule has 72 valence electrons. The van der Waals surface area contributed by atoms with Crippen LogP contribution in [-0.4, -0.2) is 23.1 Å². The number of anilines is 1. The van der Waals surface area contributed by atoms with Crippen LogP contribution in [0.15, 0.2) is 24.5 Å². The van der Waals surface area contributed by atoms with E-state index in [1.165, 1.54) is 37.0 Å². The summed E-state index contributed by atoms with van der Waals surface area (Å²) in [6, 6.07) is 4.22. The Bertz CT molecular complexity index is 440. The van der Waals surface area contributed by atoms with Gasteiger partial charge in [-0.1, -0.05) is 0 Å². The quantitative estimate of drug-likeness (QED) is 0.742. The molecule has 1 N–H and O–H groups in total. The van der Waals surface area contributed by atoms with Crippen molar-refractivity contribution in [2.45, 2.75) is 12.8 Å². The van der Waals surface area contributed by atoms with Crippen LogP contribution in [0.25, 0.3) is 11.0 Å². The highest BCUT2D eigenvalue weighted by Crippen LogP contribution is 2.27. The Labute approximate surface area is 82.8 Å². The summed E-state index contributed by atoms with van der Waals surface area (Å²) in [5.41, 5.74) is 2.32. The first-order valence-corrected chi connectivity index (χ1v) is 5.12. The van der Waals surface area contributed by atoms with E-state index in [4.69, 9.17) is 0 Å². The maximum atomic E-state index is 4.29. The van der Waals surface area contributed by atoms with E-state index in [0.717, 1.165) is 5.65 Å². The van der Waals surface area contributed by atoms with Crippen LogP contribution in [0.2, 0.25) is 0 Å². The van der Waals surface area contributed by atoms with Crippen LogP contribution in [0.1, 0.15) is 12.8 Å². The molecule has 0 saturated carbocycles. The molecule has 0 bridgehead atoms. The fraction of sp³-hybridized carbons (Fsp3) is 0.364. The summed E-state index contributed by atoms with van der Waals surface area (Å²) in [5, 5.41) is 1.24. The van der Waals surface area contributed by atoms with Gasteiger partial charge in [-0.15, -0.1) is 0 Å². The van der Waals surface area contributed by atoms with Crippen molar-refractivity contribution in [1.29, 1.82) is 0 Å². The van der Waals surface area contributed by atoms with Gasteiger partial charge in [0.15, 0.2) is 0 Å². The van der Waals surface area contributed by atoms with E-state index in [1.807, 2.05) is 12.4 Å². The lowest BCUT2D eigenvalue weighted by Gasteiger charge is -2.17. The van der Waals surface area contributed by atoms with Crippen molar-refractivity contribution in [2.75, 3.05) is 18.0 Å². The zero-order chi connectivity index (χ0) is 9.38. The van der Waals surface area contributed by atoms with Gasteiger partial charge in [0.1, 0.15) is 5.65 Å². The van der Waals surface area contributed by atoms with Crippen molar-refractivity contribution in [2.24, 2.45) is 0 Å². The number of H-pyrrole nitrogens is 1. The minimum Gasteiger partial charge on any atom is -0.371 e. The van der Waals surface area contributed by atoms with Crippen molar-refractivity contribution >= 4 is 16.7 Å². The number of hydrogen-bond acceptors (Lipinski definition) is 2. The molecule has 3 heterocycles.